The quantitative estimate of drug-likeness (QED) is 0.636. The minimum atomic E-state index is -0.681. The molecule has 4 nitrogen and oxygen atoms in total. The number of benzene rings is 2. The monoisotopic (exact) mass is 344 g/mol. The first-order chi connectivity index (χ1) is 8.95. The maximum Gasteiger partial charge on any atom is 0.274 e. The molecular formula is C12H7BrClFN2O2. The summed E-state index contributed by atoms with van der Waals surface area (Å²) in [5, 5.41) is 14.0. The van der Waals surface area contributed by atoms with Crippen molar-refractivity contribution in [1.82, 2.24) is 0 Å². The maximum absolute atomic E-state index is 13.3. The predicted molar refractivity (Wildman–Crippen MR) is 75.5 cm³/mol. The summed E-state index contributed by atoms with van der Waals surface area (Å²) in [5.74, 6) is -0.681. The fourth-order valence-corrected chi connectivity index (χ4v) is 1.92. The summed E-state index contributed by atoms with van der Waals surface area (Å²) in [6, 6.07) is 8.34. The average molecular weight is 346 g/mol. The van der Waals surface area contributed by atoms with E-state index < -0.39 is 10.7 Å². The molecule has 0 heterocycles. The van der Waals surface area contributed by atoms with Gasteiger partial charge in [0.15, 0.2) is 0 Å². The first kappa shape index (κ1) is 13.8. The van der Waals surface area contributed by atoms with Crippen LogP contribution in [0.25, 0.3) is 0 Å². The van der Waals surface area contributed by atoms with Crippen molar-refractivity contribution < 1.29 is 9.31 Å². The highest BCUT2D eigenvalue weighted by molar-refractivity contribution is 9.10. The predicted octanol–water partition coefficient (Wildman–Crippen LogP) is 4.89. The van der Waals surface area contributed by atoms with Crippen LogP contribution in [0, 0.1) is 15.9 Å². The average Bonchev–Trinajstić information content (AvgIpc) is 2.33. The molecule has 2 aromatic rings. The van der Waals surface area contributed by atoms with E-state index in [1.54, 1.807) is 18.2 Å². The number of nitrogens with one attached hydrogen (secondary N) is 1. The van der Waals surface area contributed by atoms with Gasteiger partial charge in [-0.05, 0) is 40.2 Å². The van der Waals surface area contributed by atoms with E-state index in [2.05, 4.69) is 21.2 Å². The largest absolute Gasteiger partial charge is 0.355 e. The standard InChI is InChI=1S/C12H7BrClFN2O2/c13-11-2-1-8(6-12(11)14)16-9-3-7(15)4-10(5-9)17(18)19/h1-6,16H. The zero-order chi connectivity index (χ0) is 14.0. The van der Waals surface area contributed by atoms with Gasteiger partial charge in [-0.2, -0.15) is 0 Å². The van der Waals surface area contributed by atoms with Gasteiger partial charge >= 0.3 is 0 Å². The summed E-state index contributed by atoms with van der Waals surface area (Å²) in [6.45, 7) is 0. The number of nitro groups is 1. The third-order valence-electron chi connectivity index (χ3n) is 2.30. The summed E-state index contributed by atoms with van der Waals surface area (Å²) in [5.41, 5.74) is 0.573. The Morgan fingerprint density at radius 2 is 1.95 bits per heavy atom. The van der Waals surface area contributed by atoms with Gasteiger partial charge in [-0.3, -0.25) is 10.1 Å². The van der Waals surface area contributed by atoms with Gasteiger partial charge in [0.05, 0.1) is 16.0 Å². The van der Waals surface area contributed by atoms with Gasteiger partial charge in [-0.15, -0.1) is 0 Å². The summed E-state index contributed by atoms with van der Waals surface area (Å²) in [6.07, 6.45) is 0. The second-order valence-electron chi connectivity index (χ2n) is 3.71. The number of halogens is 3. The molecule has 2 aromatic carbocycles. The van der Waals surface area contributed by atoms with Crippen molar-refractivity contribution in [2.45, 2.75) is 0 Å². The molecule has 0 bridgehead atoms. The van der Waals surface area contributed by atoms with Crippen LogP contribution in [0.4, 0.5) is 21.5 Å². The van der Waals surface area contributed by atoms with E-state index in [0.717, 1.165) is 10.5 Å². The Labute approximate surface area is 121 Å². The highest BCUT2D eigenvalue weighted by Crippen LogP contribution is 2.28. The molecule has 0 spiro atoms. The Hall–Kier alpha value is -1.66. The second-order valence-corrected chi connectivity index (χ2v) is 4.97. The van der Waals surface area contributed by atoms with Crippen LogP contribution in [-0.4, -0.2) is 4.92 Å². The van der Waals surface area contributed by atoms with E-state index in [9.17, 15) is 14.5 Å². The Balaban J connectivity index is 2.32. The molecule has 0 aliphatic heterocycles. The number of hydrogen-bond donors (Lipinski definition) is 1. The third-order valence-corrected chi connectivity index (χ3v) is 3.53. The van der Waals surface area contributed by atoms with Gasteiger partial charge < -0.3 is 5.32 Å². The van der Waals surface area contributed by atoms with Crippen LogP contribution in [0.1, 0.15) is 0 Å². The van der Waals surface area contributed by atoms with Crippen molar-refractivity contribution >= 4 is 44.6 Å². The summed E-state index contributed by atoms with van der Waals surface area (Å²) >= 11 is 9.17. The van der Waals surface area contributed by atoms with E-state index in [-0.39, 0.29) is 11.4 Å². The fourth-order valence-electron chi connectivity index (χ4n) is 1.49. The zero-order valence-electron chi connectivity index (χ0n) is 9.36. The van der Waals surface area contributed by atoms with Crippen molar-refractivity contribution in [3.05, 3.63) is 61.8 Å². The lowest BCUT2D eigenvalue weighted by Gasteiger charge is -2.07. The van der Waals surface area contributed by atoms with Crippen molar-refractivity contribution in [1.29, 1.82) is 0 Å². The molecule has 0 atom stereocenters. The molecular weight excluding hydrogens is 338 g/mol. The van der Waals surface area contributed by atoms with Crippen molar-refractivity contribution in [3.8, 4) is 0 Å². The Morgan fingerprint density at radius 1 is 1.21 bits per heavy atom. The highest BCUT2D eigenvalue weighted by atomic mass is 79.9. The van der Waals surface area contributed by atoms with E-state index in [0.29, 0.717) is 10.7 Å². The molecule has 0 aliphatic rings. The molecule has 0 saturated carbocycles. The maximum atomic E-state index is 13.3. The van der Waals surface area contributed by atoms with Crippen LogP contribution in [0.2, 0.25) is 5.02 Å². The lowest BCUT2D eigenvalue weighted by atomic mass is 10.2. The summed E-state index contributed by atoms with van der Waals surface area (Å²) in [4.78, 5) is 9.99. The molecule has 0 unspecified atom stereocenters. The molecule has 19 heavy (non-hydrogen) atoms. The summed E-state index contributed by atoms with van der Waals surface area (Å²) in [7, 11) is 0. The minimum Gasteiger partial charge on any atom is -0.355 e. The van der Waals surface area contributed by atoms with E-state index >= 15 is 0 Å². The molecule has 0 amide bonds. The van der Waals surface area contributed by atoms with Crippen molar-refractivity contribution in [2.75, 3.05) is 5.32 Å². The molecule has 0 aliphatic carbocycles. The topological polar surface area (TPSA) is 55.2 Å². The molecule has 1 N–H and O–H groups in total. The molecule has 98 valence electrons. The van der Waals surface area contributed by atoms with E-state index in [1.807, 2.05) is 0 Å². The number of rotatable bonds is 3. The Kier molecular flexibility index (Phi) is 4.01. The highest BCUT2D eigenvalue weighted by Gasteiger charge is 2.10. The van der Waals surface area contributed by atoms with Gasteiger partial charge in [0.1, 0.15) is 5.82 Å². The van der Waals surface area contributed by atoms with Crippen LogP contribution in [0.5, 0.6) is 0 Å². The number of hydrogen-bond acceptors (Lipinski definition) is 3. The van der Waals surface area contributed by atoms with E-state index in [1.165, 1.54) is 12.1 Å². The third kappa shape index (κ3) is 3.42. The van der Waals surface area contributed by atoms with Crippen LogP contribution in [-0.2, 0) is 0 Å². The van der Waals surface area contributed by atoms with Gasteiger partial charge in [0, 0.05) is 21.9 Å². The van der Waals surface area contributed by atoms with Gasteiger partial charge in [-0.1, -0.05) is 11.6 Å². The molecule has 0 saturated heterocycles. The summed E-state index contributed by atoms with van der Waals surface area (Å²) < 4.78 is 14.0. The lowest BCUT2D eigenvalue weighted by molar-refractivity contribution is -0.385. The van der Waals surface area contributed by atoms with Gasteiger partial charge in [0.2, 0.25) is 0 Å². The molecule has 0 aromatic heterocycles. The Bertz CT molecular complexity index is 652. The first-order valence-electron chi connectivity index (χ1n) is 5.13. The first-order valence-corrected chi connectivity index (χ1v) is 6.30. The normalized spacial score (nSPS) is 10.3. The van der Waals surface area contributed by atoms with Crippen LogP contribution in [0.3, 0.4) is 0 Å². The molecule has 2 rings (SSSR count). The fraction of sp³-hybridized carbons (Fsp3) is 0. The SMILES string of the molecule is O=[N+]([O-])c1cc(F)cc(Nc2ccc(Br)c(Cl)c2)c1. The minimum absolute atomic E-state index is 0.282. The van der Waals surface area contributed by atoms with Crippen LogP contribution in [0.15, 0.2) is 40.9 Å². The molecule has 0 radical (unpaired) electrons. The smallest absolute Gasteiger partial charge is 0.274 e. The number of non-ortho nitro benzene ring substituents is 1. The zero-order valence-corrected chi connectivity index (χ0v) is 11.7. The molecule has 7 heteroatoms. The Morgan fingerprint density at radius 3 is 2.58 bits per heavy atom. The second kappa shape index (κ2) is 5.54. The number of anilines is 2. The van der Waals surface area contributed by atoms with Crippen LogP contribution < -0.4 is 5.32 Å². The van der Waals surface area contributed by atoms with Crippen LogP contribution >= 0.6 is 27.5 Å². The van der Waals surface area contributed by atoms with Crippen molar-refractivity contribution in [2.24, 2.45) is 0 Å². The van der Waals surface area contributed by atoms with Crippen molar-refractivity contribution in [3.63, 3.8) is 0 Å². The molecule has 0 fully saturated rings. The number of nitrogens with zero attached hydrogens (tertiary/aromatic N) is 1. The lowest BCUT2D eigenvalue weighted by Crippen LogP contribution is -1.94. The van der Waals surface area contributed by atoms with E-state index in [4.69, 9.17) is 11.6 Å². The number of nitro benzene ring substituents is 1. The van der Waals surface area contributed by atoms with Gasteiger partial charge in [0.25, 0.3) is 5.69 Å². The van der Waals surface area contributed by atoms with Gasteiger partial charge in [-0.25, -0.2) is 4.39 Å².